The number of anilines is 1. The molecule has 1 aromatic heterocycles. The number of nitrogens with zero attached hydrogens (tertiary/aromatic N) is 2. The van der Waals surface area contributed by atoms with E-state index in [1.807, 2.05) is 31.3 Å². The lowest BCUT2D eigenvalue weighted by Crippen LogP contribution is -2.42. The second kappa shape index (κ2) is 7.43. The number of para-hydroxylation sites is 1. The van der Waals surface area contributed by atoms with Crippen molar-refractivity contribution in [1.29, 1.82) is 0 Å². The van der Waals surface area contributed by atoms with Crippen LogP contribution in [0.4, 0.5) is 5.69 Å². The van der Waals surface area contributed by atoms with Gasteiger partial charge in [-0.2, -0.15) is 0 Å². The minimum absolute atomic E-state index is 0.398. The van der Waals surface area contributed by atoms with E-state index < -0.39 is 7.12 Å². The van der Waals surface area contributed by atoms with Crippen LogP contribution in [0.15, 0.2) is 48.7 Å². The Hall–Kier alpha value is -1.85. The van der Waals surface area contributed by atoms with Gasteiger partial charge in [0.15, 0.2) is 0 Å². The van der Waals surface area contributed by atoms with Crippen LogP contribution in [0.1, 0.15) is 18.4 Å². The Morgan fingerprint density at radius 2 is 1.91 bits per heavy atom. The summed E-state index contributed by atoms with van der Waals surface area (Å²) >= 11 is 0. The number of benzene rings is 1. The first-order valence-corrected chi connectivity index (χ1v) is 7.79. The molecule has 1 fully saturated rings. The molecule has 114 valence electrons. The van der Waals surface area contributed by atoms with Crippen LogP contribution in [0, 0.1) is 6.92 Å². The number of aryl methyl sites for hydroxylation is 1. The maximum absolute atomic E-state index is 6.00. The van der Waals surface area contributed by atoms with E-state index >= 15 is 0 Å². The predicted molar refractivity (Wildman–Crippen MR) is 89.3 cm³/mol. The summed E-state index contributed by atoms with van der Waals surface area (Å²) in [7, 11) is -0.398. The molecule has 2 heterocycles. The molecule has 0 bridgehead atoms. The summed E-state index contributed by atoms with van der Waals surface area (Å²) in [6.45, 7) is 4.20. The number of hydrogen-bond acceptors (Lipinski definition) is 4. The second-order valence-electron chi connectivity index (χ2n) is 5.56. The summed E-state index contributed by atoms with van der Waals surface area (Å²) in [6, 6.07) is 14.4. The fourth-order valence-corrected chi connectivity index (χ4v) is 2.50. The van der Waals surface area contributed by atoms with Crippen molar-refractivity contribution in [2.45, 2.75) is 19.8 Å². The largest absolute Gasteiger partial charge is 0.514 e. The van der Waals surface area contributed by atoms with E-state index in [0.717, 1.165) is 30.5 Å². The maximum atomic E-state index is 6.00. The number of rotatable bonds is 2. The van der Waals surface area contributed by atoms with Gasteiger partial charge in [-0.1, -0.05) is 24.3 Å². The third-order valence-electron chi connectivity index (χ3n) is 3.77. The first kappa shape index (κ1) is 15.1. The van der Waals surface area contributed by atoms with Crippen molar-refractivity contribution in [3.8, 4) is 0 Å². The summed E-state index contributed by atoms with van der Waals surface area (Å²) in [4.78, 5) is 6.68. The molecule has 0 N–H and O–H groups in total. The normalized spacial score (nSPS) is 16.8. The van der Waals surface area contributed by atoms with Crippen LogP contribution in [0.2, 0.25) is 0 Å². The van der Waals surface area contributed by atoms with E-state index in [1.165, 1.54) is 5.69 Å². The second-order valence-corrected chi connectivity index (χ2v) is 5.56. The Morgan fingerprint density at radius 1 is 1.05 bits per heavy atom. The van der Waals surface area contributed by atoms with Gasteiger partial charge in [0.05, 0.1) is 5.59 Å². The average Bonchev–Trinajstić information content (AvgIpc) is 2.68. The third kappa shape index (κ3) is 3.87. The molecule has 0 saturated carbocycles. The molecular weight excluding hydrogens is 275 g/mol. The smallest absolute Gasteiger partial charge is 0.406 e. The molecular formula is C17H21BN2O2. The Kier molecular flexibility index (Phi) is 5.09. The maximum Gasteiger partial charge on any atom is 0.514 e. The van der Waals surface area contributed by atoms with Gasteiger partial charge in [-0.15, -0.1) is 0 Å². The fourth-order valence-electron chi connectivity index (χ4n) is 2.50. The highest BCUT2D eigenvalue weighted by Gasteiger charge is 2.25. The molecule has 3 rings (SSSR count). The van der Waals surface area contributed by atoms with Crippen LogP contribution in [-0.4, -0.2) is 32.0 Å². The van der Waals surface area contributed by atoms with Crippen molar-refractivity contribution in [2.24, 2.45) is 0 Å². The van der Waals surface area contributed by atoms with Crippen molar-refractivity contribution in [3.63, 3.8) is 0 Å². The summed E-state index contributed by atoms with van der Waals surface area (Å²) in [6.07, 6.45) is 3.96. The lowest BCUT2D eigenvalue weighted by atomic mass is 9.83. The van der Waals surface area contributed by atoms with E-state index in [4.69, 9.17) is 9.31 Å². The summed E-state index contributed by atoms with van der Waals surface area (Å²) in [5, 5.41) is 0. The molecule has 0 atom stereocenters. The highest BCUT2D eigenvalue weighted by atomic mass is 16.6. The minimum Gasteiger partial charge on any atom is -0.406 e. The zero-order chi connectivity index (χ0) is 15.2. The zero-order valence-electron chi connectivity index (χ0n) is 12.9. The molecule has 1 aliphatic rings. The molecule has 1 saturated heterocycles. The SMILES string of the molecule is Cc1ccc(B2OCCCCN(c3ccccc3)CO2)nc1. The van der Waals surface area contributed by atoms with Crippen molar-refractivity contribution in [2.75, 3.05) is 24.8 Å². The number of hydrogen-bond donors (Lipinski definition) is 0. The number of aromatic nitrogens is 1. The van der Waals surface area contributed by atoms with Gasteiger partial charge >= 0.3 is 7.12 Å². The van der Waals surface area contributed by atoms with Gasteiger partial charge < -0.3 is 14.2 Å². The Morgan fingerprint density at radius 3 is 2.68 bits per heavy atom. The lowest BCUT2D eigenvalue weighted by Gasteiger charge is -2.24. The van der Waals surface area contributed by atoms with E-state index in [-0.39, 0.29) is 0 Å². The summed E-state index contributed by atoms with van der Waals surface area (Å²) in [5.74, 6) is 0. The lowest BCUT2D eigenvalue weighted by molar-refractivity contribution is 0.214. The van der Waals surface area contributed by atoms with Crippen molar-refractivity contribution >= 4 is 18.4 Å². The van der Waals surface area contributed by atoms with Gasteiger partial charge in [-0.25, -0.2) is 0 Å². The molecule has 0 radical (unpaired) electrons. The Balaban J connectivity index is 1.73. The quantitative estimate of drug-likeness (QED) is 0.797. The van der Waals surface area contributed by atoms with Gasteiger partial charge in [0.1, 0.15) is 6.73 Å². The van der Waals surface area contributed by atoms with Crippen molar-refractivity contribution in [1.82, 2.24) is 4.98 Å². The molecule has 0 aliphatic carbocycles. The van der Waals surface area contributed by atoms with Gasteiger partial charge in [-0.05, 0) is 43.5 Å². The predicted octanol–water partition coefficient (Wildman–Crippen LogP) is 2.38. The first-order valence-electron chi connectivity index (χ1n) is 7.79. The fraction of sp³-hybridized carbons (Fsp3) is 0.353. The first-order chi connectivity index (χ1) is 10.8. The topological polar surface area (TPSA) is 34.6 Å². The number of pyridine rings is 1. The summed E-state index contributed by atoms with van der Waals surface area (Å²) < 4.78 is 11.9. The van der Waals surface area contributed by atoms with Crippen LogP contribution in [0.3, 0.4) is 0 Å². The van der Waals surface area contributed by atoms with E-state index in [2.05, 4.69) is 34.1 Å². The van der Waals surface area contributed by atoms with Crippen LogP contribution >= 0.6 is 0 Å². The summed E-state index contributed by atoms with van der Waals surface area (Å²) in [5.41, 5.74) is 3.15. The Bertz CT molecular complexity index is 577. The molecule has 0 unspecified atom stereocenters. The molecule has 1 aromatic carbocycles. The van der Waals surface area contributed by atoms with Crippen molar-refractivity contribution in [3.05, 3.63) is 54.2 Å². The average molecular weight is 296 g/mol. The standard InChI is InChI=1S/C17H21BN2O2/c1-15-9-10-17(19-13-15)18-21-12-6-5-11-20(14-22-18)16-7-3-2-4-8-16/h2-4,7-10,13H,5-6,11-12,14H2,1H3. The van der Waals surface area contributed by atoms with Crippen LogP contribution in [0.25, 0.3) is 0 Å². The molecule has 4 nitrogen and oxygen atoms in total. The zero-order valence-corrected chi connectivity index (χ0v) is 12.9. The van der Waals surface area contributed by atoms with Crippen molar-refractivity contribution < 1.29 is 9.31 Å². The van der Waals surface area contributed by atoms with E-state index in [1.54, 1.807) is 0 Å². The van der Waals surface area contributed by atoms with Gasteiger partial charge in [-0.3, -0.25) is 4.98 Å². The highest BCUT2D eigenvalue weighted by molar-refractivity contribution is 6.60. The van der Waals surface area contributed by atoms with E-state index in [0.29, 0.717) is 13.3 Å². The minimum atomic E-state index is -0.398. The van der Waals surface area contributed by atoms with Gasteiger partial charge in [0, 0.05) is 25.0 Å². The Labute approximate surface area is 132 Å². The third-order valence-corrected chi connectivity index (χ3v) is 3.77. The molecule has 22 heavy (non-hydrogen) atoms. The molecule has 5 heteroatoms. The monoisotopic (exact) mass is 296 g/mol. The van der Waals surface area contributed by atoms with Crippen LogP contribution in [-0.2, 0) is 9.31 Å². The molecule has 0 spiro atoms. The van der Waals surface area contributed by atoms with E-state index in [9.17, 15) is 0 Å². The highest BCUT2D eigenvalue weighted by Crippen LogP contribution is 2.15. The van der Waals surface area contributed by atoms with Crippen LogP contribution in [0.5, 0.6) is 0 Å². The molecule has 1 aliphatic heterocycles. The van der Waals surface area contributed by atoms with Crippen LogP contribution < -0.4 is 10.5 Å². The van der Waals surface area contributed by atoms with Gasteiger partial charge in [0.25, 0.3) is 0 Å². The molecule has 2 aromatic rings. The molecule has 0 amide bonds. The van der Waals surface area contributed by atoms with Gasteiger partial charge in [0.2, 0.25) is 0 Å².